The van der Waals surface area contributed by atoms with Crippen molar-refractivity contribution in [1.82, 2.24) is 0 Å². The molecular weight excluding hydrogens is 236 g/mol. The van der Waals surface area contributed by atoms with Crippen molar-refractivity contribution in [3.63, 3.8) is 0 Å². The molecule has 0 spiro atoms. The van der Waals surface area contributed by atoms with Gasteiger partial charge >= 0.3 is 0 Å². The number of amides is 1. The summed E-state index contributed by atoms with van der Waals surface area (Å²) in [5, 5.41) is 0. The van der Waals surface area contributed by atoms with Crippen molar-refractivity contribution in [3.8, 4) is 0 Å². The Morgan fingerprint density at radius 1 is 0.947 bits per heavy atom. The molecule has 0 N–H and O–H groups in total. The number of hydrogen-bond acceptors (Lipinski definition) is 2. The zero-order valence-corrected chi connectivity index (χ0v) is 10.2. The normalized spacial score (nSPS) is 12.9. The Bertz CT molecular complexity index is 659. The van der Waals surface area contributed by atoms with Gasteiger partial charge < -0.3 is 0 Å². The number of anilines is 1. The Labute approximate surface area is 111 Å². The van der Waals surface area contributed by atoms with Gasteiger partial charge in [-0.05, 0) is 30.3 Å². The van der Waals surface area contributed by atoms with Gasteiger partial charge in [0.1, 0.15) is 0 Å². The molecule has 92 valence electrons. The quantitative estimate of drug-likeness (QED) is 0.759. The van der Waals surface area contributed by atoms with Crippen molar-refractivity contribution in [1.29, 1.82) is 0 Å². The second-order valence-electron chi connectivity index (χ2n) is 4.15. The Balaban J connectivity index is 2.05. The zero-order valence-electron chi connectivity index (χ0n) is 10.2. The van der Waals surface area contributed by atoms with Gasteiger partial charge in [0.05, 0.1) is 11.4 Å². The third kappa shape index (κ3) is 2.18. The molecule has 0 bridgehead atoms. The minimum atomic E-state index is -0.0604. The summed E-state index contributed by atoms with van der Waals surface area (Å²) in [6, 6.07) is 16.8. The van der Waals surface area contributed by atoms with Gasteiger partial charge in [0.25, 0.3) is 5.91 Å². The monoisotopic (exact) mass is 248 g/mol. The summed E-state index contributed by atoms with van der Waals surface area (Å²) in [6.45, 7) is 0. The molecule has 3 heteroatoms. The van der Waals surface area contributed by atoms with Crippen molar-refractivity contribution in [2.75, 3.05) is 4.90 Å². The second kappa shape index (κ2) is 4.90. The third-order valence-corrected chi connectivity index (χ3v) is 2.92. The van der Waals surface area contributed by atoms with E-state index >= 15 is 0 Å². The van der Waals surface area contributed by atoms with Gasteiger partial charge in [0, 0.05) is 18.0 Å². The molecule has 0 atom stereocenters. The number of hydrogen-bond donors (Lipinski definition) is 0. The minimum Gasteiger partial charge on any atom is -0.282 e. The van der Waals surface area contributed by atoms with E-state index in [0.29, 0.717) is 5.56 Å². The highest BCUT2D eigenvalue weighted by molar-refractivity contribution is 6.09. The first kappa shape index (κ1) is 11.4. The highest BCUT2D eigenvalue weighted by Gasteiger charge is 2.18. The van der Waals surface area contributed by atoms with Crippen LogP contribution in [0.1, 0.15) is 10.4 Å². The molecule has 0 aliphatic carbocycles. The Morgan fingerprint density at radius 3 is 2.53 bits per heavy atom. The topological polar surface area (TPSA) is 32.7 Å². The molecule has 19 heavy (non-hydrogen) atoms. The first-order valence-electron chi connectivity index (χ1n) is 6.05. The van der Waals surface area contributed by atoms with Crippen LogP contribution in [0.4, 0.5) is 11.4 Å². The van der Waals surface area contributed by atoms with Crippen LogP contribution >= 0.6 is 0 Å². The number of para-hydroxylation sites is 2. The van der Waals surface area contributed by atoms with Crippen molar-refractivity contribution in [3.05, 3.63) is 72.4 Å². The molecule has 3 rings (SSSR count). The van der Waals surface area contributed by atoms with Gasteiger partial charge in [-0.1, -0.05) is 30.3 Å². The van der Waals surface area contributed by atoms with Crippen molar-refractivity contribution < 1.29 is 4.79 Å². The van der Waals surface area contributed by atoms with Crippen LogP contribution in [-0.2, 0) is 0 Å². The summed E-state index contributed by atoms with van der Waals surface area (Å²) >= 11 is 0. The molecule has 2 aromatic rings. The van der Waals surface area contributed by atoms with Crippen molar-refractivity contribution in [2.45, 2.75) is 0 Å². The van der Waals surface area contributed by atoms with E-state index in [9.17, 15) is 4.79 Å². The van der Waals surface area contributed by atoms with Crippen LogP contribution in [0, 0.1) is 0 Å². The molecule has 0 unspecified atom stereocenters. The summed E-state index contributed by atoms with van der Waals surface area (Å²) in [6.07, 6.45) is 5.20. The number of carbonyl (C=O) groups excluding carboxylic acids is 1. The lowest BCUT2D eigenvalue weighted by molar-refractivity contribution is 0.0998. The molecule has 0 aromatic heterocycles. The molecule has 1 amide bonds. The predicted molar refractivity (Wildman–Crippen MR) is 77.0 cm³/mol. The van der Waals surface area contributed by atoms with Gasteiger partial charge in [-0.2, -0.15) is 0 Å². The van der Waals surface area contributed by atoms with E-state index in [-0.39, 0.29) is 5.91 Å². The first-order valence-corrected chi connectivity index (χ1v) is 6.05. The van der Waals surface area contributed by atoms with Gasteiger partial charge in [-0.25, -0.2) is 0 Å². The van der Waals surface area contributed by atoms with Crippen LogP contribution in [-0.4, -0.2) is 12.1 Å². The molecule has 2 aromatic carbocycles. The number of fused-ring (bicyclic) bond motifs is 1. The summed E-state index contributed by atoms with van der Waals surface area (Å²) in [4.78, 5) is 18.5. The zero-order chi connectivity index (χ0) is 13.1. The number of nitrogens with zero attached hydrogens (tertiary/aromatic N) is 2. The predicted octanol–water partition coefficient (Wildman–Crippen LogP) is 3.56. The fourth-order valence-corrected chi connectivity index (χ4v) is 2.00. The van der Waals surface area contributed by atoms with Crippen molar-refractivity contribution in [2.24, 2.45) is 4.99 Å². The molecule has 0 saturated carbocycles. The Hall–Kier alpha value is -2.68. The van der Waals surface area contributed by atoms with Crippen LogP contribution in [0.15, 0.2) is 71.9 Å². The van der Waals surface area contributed by atoms with E-state index in [1.54, 1.807) is 23.4 Å². The highest BCUT2D eigenvalue weighted by atomic mass is 16.2. The van der Waals surface area contributed by atoms with Gasteiger partial charge in [-0.3, -0.25) is 14.7 Å². The molecule has 1 heterocycles. The van der Waals surface area contributed by atoms with Crippen LogP contribution in [0.3, 0.4) is 0 Å². The molecule has 0 saturated heterocycles. The smallest absolute Gasteiger partial charge is 0.262 e. The largest absolute Gasteiger partial charge is 0.282 e. The molecule has 0 radical (unpaired) electrons. The summed E-state index contributed by atoms with van der Waals surface area (Å²) in [5.41, 5.74) is 2.24. The fraction of sp³-hybridized carbons (Fsp3) is 0. The summed E-state index contributed by atoms with van der Waals surface area (Å²) < 4.78 is 0. The van der Waals surface area contributed by atoms with Gasteiger partial charge in [-0.15, -0.1) is 0 Å². The number of aliphatic imine (C=N–C) groups is 1. The maximum atomic E-state index is 12.5. The first-order chi connectivity index (χ1) is 9.36. The molecule has 1 aliphatic rings. The van der Waals surface area contributed by atoms with Gasteiger partial charge in [0.2, 0.25) is 0 Å². The van der Waals surface area contributed by atoms with E-state index in [4.69, 9.17) is 0 Å². The van der Waals surface area contributed by atoms with Crippen LogP contribution in [0.5, 0.6) is 0 Å². The molecule has 3 nitrogen and oxygen atoms in total. The van der Waals surface area contributed by atoms with Crippen LogP contribution < -0.4 is 4.90 Å². The summed E-state index contributed by atoms with van der Waals surface area (Å²) in [7, 11) is 0. The van der Waals surface area contributed by atoms with Crippen LogP contribution in [0.25, 0.3) is 0 Å². The average molecular weight is 248 g/mol. The lowest BCUT2D eigenvalue weighted by Gasteiger charge is -2.19. The molecule has 1 aliphatic heterocycles. The summed E-state index contributed by atoms with van der Waals surface area (Å²) in [5.74, 6) is -0.0604. The number of allylic oxidation sites excluding steroid dienone is 1. The molecular formula is C16H12N2O. The standard InChI is InChI=1S/C16H12N2O/c19-16(13-7-2-1-3-8-13)18-12-6-11-17-14-9-4-5-10-15(14)18/h1-12H. The molecule has 0 fully saturated rings. The van der Waals surface area contributed by atoms with E-state index in [0.717, 1.165) is 11.4 Å². The maximum Gasteiger partial charge on any atom is 0.262 e. The SMILES string of the molecule is O=C(c1ccccc1)N1C=CC=Nc2ccccc21. The van der Waals surface area contributed by atoms with Gasteiger partial charge in [0.15, 0.2) is 0 Å². The average Bonchev–Trinajstić information content (AvgIpc) is 2.70. The minimum absolute atomic E-state index is 0.0604. The third-order valence-electron chi connectivity index (χ3n) is 2.92. The number of benzene rings is 2. The maximum absolute atomic E-state index is 12.5. The highest BCUT2D eigenvalue weighted by Crippen LogP contribution is 2.30. The number of carbonyl (C=O) groups is 1. The van der Waals surface area contributed by atoms with E-state index < -0.39 is 0 Å². The lowest BCUT2D eigenvalue weighted by Crippen LogP contribution is -2.24. The van der Waals surface area contributed by atoms with E-state index in [1.165, 1.54) is 0 Å². The Kier molecular flexibility index (Phi) is 2.94. The van der Waals surface area contributed by atoms with E-state index in [2.05, 4.69) is 4.99 Å². The second-order valence-corrected chi connectivity index (χ2v) is 4.15. The lowest BCUT2D eigenvalue weighted by atomic mass is 10.1. The number of rotatable bonds is 1. The van der Waals surface area contributed by atoms with Crippen molar-refractivity contribution >= 4 is 23.5 Å². The fourth-order valence-electron chi connectivity index (χ4n) is 2.00. The Morgan fingerprint density at radius 2 is 1.68 bits per heavy atom. The van der Waals surface area contributed by atoms with E-state index in [1.807, 2.05) is 54.6 Å². The van der Waals surface area contributed by atoms with Crippen LogP contribution in [0.2, 0.25) is 0 Å².